The van der Waals surface area contributed by atoms with Gasteiger partial charge >= 0.3 is 0 Å². The summed E-state index contributed by atoms with van der Waals surface area (Å²) in [4.78, 5) is 9.48. The maximum Gasteiger partial charge on any atom is 0.158 e. The van der Waals surface area contributed by atoms with Gasteiger partial charge in [0.05, 0.1) is 51.0 Å². The highest BCUT2D eigenvalue weighted by Gasteiger charge is 2.19. The minimum atomic E-state index is 0.638. The summed E-state index contributed by atoms with van der Waals surface area (Å²) in [5, 5.41) is 2.34. The smallest absolute Gasteiger partial charge is 0.158 e. The molecule has 5 rings (SSSR count). The van der Waals surface area contributed by atoms with Crippen LogP contribution in [0.25, 0.3) is 21.9 Å². The second-order valence-corrected chi connectivity index (χ2v) is 9.77. The number of rotatable bonds is 0. The Balaban J connectivity index is 1.50. The summed E-state index contributed by atoms with van der Waals surface area (Å²) in [7, 11) is 4.31. The molecule has 8 nitrogen and oxygen atoms in total. The maximum absolute atomic E-state index is 6.62. The van der Waals surface area contributed by atoms with E-state index in [1.165, 1.54) is 10.8 Å². The van der Waals surface area contributed by atoms with E-state index in [0.717, 1.165) is 88.1 Å². The summed E-state index contributed by atoms with van der Waals surface area (Å²) >= 11 is 0. The van der Waals surface area contributed by atoms with E-state index in [9.17, 15) is 0 Å². The minimum absolute atomic E-state index is 0.638. The lowest BCUT2D eigenvalue weighted by atomic mass is 10.1. The van der Waals surface area contributed by atoms with E-state index in [0.29, 0.717) is 26.4 Å². The second kappa shape index (κ2) is 12.3. The topological polar surface area (TPSA) is 53.8 Å². The van der Waals surface area contributed by atoms with Crippen molar-refractivity contribution >= 4 is 33.3 Å². The number of hydrogen-bond acceptors (Lipinski definition) is 8. The number of anilines is 2. The Labute approximate surface area is 214 Å². The van der Waals surface area contributed by atoms with Gasteiger partial charge in [-0.2, -0.15) is 0 Å². The molecule has 3 aromatic rings. The van der Waals surface area contributed by atoms with Gasteiger partial charge in [-0.05, 0) is 12.1 Å². The van der Waals surface area contributed by atoms with E-state index >= 15 is 0 Å². The van der Waals surface area contributed by atoms with Crippen LogP contribution in [-0.4, -0.2) is 116 Å². The number of para-hydroxylation sites is 2. The molecule has 1 saturated heterocycles. The van der Waals surface area contributed by atoms with Gasteiger partial charge in [0.25, 0.3) is 0 Å². The Kier molecular flexibility index (Phi) is 8.61. The van der Waals surface area contributed by atoms with Crippen molar-refractivity contribution in [2.45, 2.75) is 0 Å². The number of hydrogen-bond donors (Lipinski definition) is 0. The number of benzene rings is 2. The third kappa shape index (κ3) is 5.95. The second-order valence-electron chi connectivity index (χ2n) is 9.77. The normalized spacial score (nSPS) is 24.1. The molecule has 36 heavy (non-hydrogen) atoms. The van der Waals surface area contributed by atoms with Crippen molar-refractivity contribution in [3.8, 4) is 0 Å². The molecule has 0 radical (unpaired) electrons. The van der Waals surface area contributed by atoms with E-state index < -0.39 is 0 Å². The van der Waals surface area contributed by atoms with Crippen molar-refractivity contribution < 1.29 is 18.6 Å². The first-order chi connectivity index (χ1) is 17.7. The van der Waals surface area contributed by atoms with Crippen molar-refractivity contribution in [1.82, 2.24) is 9.80 Å². The fraction of sp³-hybridized carbons (Fsp3) is 0.571. The molecule has 0 amide bonds. The maximum atomic E-state index is 6.62. The summed E-state index contributed by atoms with van der Waals surface area (Å²) in [6, 6.07) is 12.9. The number of furan rings is 1. The third-order valence-corrected chi connectivity index (χ3v) is 7.39. The molecular weight excluding hydrogens is 456 g/mol. The van der Waals surface area contributed by atoms with Gasteiger partial charge in [0.15, 0.2) is 11.2 Å². The van der Waals surface area contributed by atoms with Crippen LogP contribution in [0.4, 0.5) is 11.4 Å². The van der Waals surface area contributed by atoms with Crippen LogP contribution < -0.4 is 9.80 Å². The summed E-state index contributed by atoms with van der Waals surface area (Å²) in [5.41, 5.74) is 4.17. The summed E-state index contributed by atoms with van der Waals surface area (Å²) in [6.45, 7) is 11.3. The van der Waals surface area contributed by atoms with Crippen LogP contribution in [0.15, 0.2) is 40.8 Å². The highest BCUT2D eigenvalue weighted by atomic mass is 16.5. The standard InChI is InChI=1S/C28H40N4O4/c1-29-9-11-31-13-17-33-18-14-32(16-20-35-22-21-34-19-15-31)12-10-30(2)26-8-4-6-24-23-5-3-7-25(29)27(23)36-28(24)26/h3-8H,9-22H2,1-2H3. The Hall–Kier alpha value is -2.36. The van der Waals surface area contributed by atoms with E-state index in [1.807, 2.05) is 0 Å². The zero-order valence-electron chi connectivity index (χ0n) is 21.8. The fourth-order valence-corrected chi connectivity index (χ4v) is 5.08. The predicted molar refractivity (Wildman–Crippen MR) is 146 cm³/mol. The molecule has 4 bridgehead atoms. The first-order valence-electron chi connectivity index (χ1n) is 13.2. The SMILES string of the molecule is CN1CCN2CCOCCOCCN(CCOCC2)CCN(C)c2cccc3c2oc2c1cccc23. The van der Waals surface area contributed by atoms with Crippen LogP contribution in [0.2, 0.25) is 0 Å². The molecule has 2 aliphatic rings. The fourth-order valence-electron chi connectivity index (χ4n) is 5.08. The lowest BCUT2D eigenvalue weighted by molar-refractivity contribution is 0.0327. The average Bonchev–Trinajstić information content (AvgIpc) is 3.27. The third-order valence-electron chi connectivity index (χ3n) is 7.39. The monoisotopic (exact) mass is 496 g/mol. The molecular formula is C28H40N4O4. The van der Waals surface area contributed by atoms with E-state index in [1.54, 1.807) is 0 Å². The molecule has 2 aliphatic heterocycles. The molecule has 2 unspecified atom stereocenters. The van der Waals surface area contributed by atoms with E-state index in [2.05, 4.69) is 70.1 Å². The molecule has 0 saturated carbocycles. The average molecular weight is 497 g/mol. The van der Waals surface area contributed by atoms with Gasteiger partial charge in [-0.15, -0.1) is 0 Å². The van der Waals surface area contributed by atoms with Crippen LogP contribution in [-0.2, 0) is 14.2 Å². The van der Waals surface area contributed by atoms with Crippen molar-refractivity contribution in [2.24, 2.45) is 0 Å². The molecule has 1 aromatic heterocycles. The first kappa shape index (κ1) is 25.3. The lowest BCUT2D eigenvalue weighted by Gasteiger charge is -2.27. The Morgan fingerprint density at radius 2 is 0.917 bits per heavy atom. The van der Waals surface area contributed by atoms with Gasteiger partial charge in [0, 0.05) is 77.2 Å². The summed E-state index contributed by atoms with van der Waals surface area (Å²) in [5.74, 6) is 0. The number of ether oxygens (including phenoxy) is 3. The predicted octanol–water partition coefficient (Wildman–Crippen LogP) is 3.14. The highest BCUT2D eigenvalue weighted by molar-refractivity contribution is 6.12. The molecule has 196 valence electrons. The van der Waals surface area contributed by atoms with Crippen LogP contribution in [0.1, 0.15) is 0 Å². The first-order valence-corrected chi connectivity index (χ1v) is 13.2. The van der Waals surface area contributed by atoms with Crippen LogP contribution in [0.3, 0.4) is 0 Å². The molecule has 0 aliphatic carbocycles. The van der Waals surface area contributed by atoms with Crippen LogP contribution in [0, 0.1) is 0 Å². The van der Waals surface area contributed by atoms with E-state index in [-0.39, 0.29) is 0 Å². The van der Waals surface area contributed by atoms with Crippen molar-refractivity contribution in [1.29, 1.82) is 0 Å². The minimum Gasteiger partial charge on any atom is -0.452 e. The van der Waals surface area contributed by atoms with Gasteiger partial charge < -0.3 is 28.4 Å². The zero-order chi connectivity index (χ0) is 24.7. The van der Waals surface area contributed by atoms with E-state index in [4.69, 9.17) is 18.6 Å². The Morgan fingerprint density at radius 3 is 1.36 bits per heavy atom. The van der Waals surface area contributed by atoms with Crippen molar-refractivity contribution in [3.05, 3.63) is 36.4 Å². The van der Waals surface area contributed by atoms with Gasteiger partial charge in [-0.25, -0.2) is 0 Å². The zero-order valence-corrected chi connectivity index (χ0v) is 21.8. The quantitative estimate of drug-likeness (QED) is 0.440. The summed E-state index contributed by atoms with van der Waals surface area (Å²) in [6.07, 6.45) is 0. The van der Waals surface area contributed by atoms with Crippen LogP contribution >= 0.6 is 0 Å². The van der Waals surface area contributed by atoms with Gasteiger partial charge in [0.2, 0.25) is 0 Å². The largest absolute Gasteiger partial charge is 0.452 e. The number of likely N-dealkylation sites (N-methyl/N-ethyl adjacent to an activating group) is 2. The molecule has 2 aromatic carbocycles. The molecule has 8 heteroatoms. The van der Waals surface area contributed by atoms with Gasteiger partial charge in [-0.3, -0.25) is 9.80 Å². The highest BCUT2D eigenvalue weighted by Crippen LogP contribution is 2.38. The van der Waals surface area contributed by atoms with Crippen molar-refractivity contribution in [3.63, 3.8) is 0 Å². The van der Waals surface area contributed by atoms with Crippen LogP contribution in [0.5, 0.6) is 0 Å². The number of fused-ring (bicyclic) bond motifs is 7. The van der Waals surface area contributed by atoms with Crippen molar-refractivity contribution in [2.75, 3.05) is 116 Å². The Bertz CT molecular complexity index is 1040. The Morgan fingerprint density at radius 1 is 0.500 bits per heavy atom. The molecule has 0 N–H and O–H groups in total. The van der Waals surface area contributed by atoms with Gasteiger partial charge in [-0.1, -0.05) is 24.3 Å². The molecule has 0 spiro atoms. The lowest BCUT2D eigenvalue weighted by Crippen LogP contribution is -2.39. The molecule has 3 heterocycles. The molecule has 1 fully saturated rings. The van der Waals surface area contributed by atoms with Gasteiger partial charge in [0.1, 0.15) is 0 Å². The number of nitrogens with zero attached hydrogens (tertiary/aromatic N) is 4. The summed E-state index contributed by atoms with van der Waals surface area (Å²) < 4.78 is 24.4. The molecule has 2 atom stereocenters.